The lowest BCUT2D eigenvalue weighted by Crippen LogP contribution is -2.15. The molecule has 5 aromatic rings. The lowest BCUT2D eigenvalue weighted by atomic mass is 10.0. The molecule has 4 heterocycles. The Kier molecular flexibility index (Phi) is 4.36. The van der Waals surface area contributed by atoms with Crippen LogP contribution in [0.4, 0.5) is 5.82 Å². The molecule has 0 aliphatic rings. The number of rotatable bonds is 4. The van der Waals surface area contributed by atoms with Crippen molar-refractivity contribution in [2.45, 2.75) is 6.92 Å². The van der Waals surface area contributed by atoms with Gasteiger partial charge in [-0.2, -0.15) is 10.2 Å². The van der Waals surface area contributed by atoms with Crippen LogP contribution in [-0.2, 0) is 14.1 Å². The fourth-order valence-electron chi connectivity index (χ4n) is 3.59. The van der Waals surface area contributed by atoms with E-state index in [-0.39, 0.29) is 11.6 Å². The molecule has 0 saturated heterocycles. The number of benzene rings is 1. The van der Waals surface area contributed by atoms with Crippen LogP contribution in [-0.4, -0.2) is 35.6 Å². The molecular weight excluding hydrogens is 394 g/mol. The number of amides is 1. The van der Waals surface area contributed by atoms with E-state index in [1.807, 2.05) is 50.5 Å². The van der Waals surface area contributed by atoms with Crippen molar-refractivity contribution in [1.29, 1.82) is 0 Å². The fourth-order valence-corrected chi connectivity index (χ4v) is 3.59. The first kappa shape index (κ1) is 18.7. The molecule has 1 amide bonds. The maximum Gasteiger partial charge on any atom is 0.259 e. The molecule has 1 aromatic carbocycles. The number of hydrogen-bond donors (Lipinski definition) is 1. The second-order valence-electron chi connectivity index (χ2n) is 7.23. The number of hydrogen-bond acceptors (Lipinski definition) is 6. The van der Waals surface area contributed by atoms with E-state index in [2.05, 4.69) is 25.7 Å². The standard InChI is InChI=1S/C22H19N7O2/c1-13-16(12-28(2)26-13)17-11-15(21(30)25-18-9-10-23-29(18)3)19-20(27-31-22(19)24-17)14-7-5-4-6-8-14/h4-12H,1-3H3,(H,25,30). The Morgan fingerprint density at radius 3 is 2.61 bits per heavy atom. The average molecular weight is 413 g/mol. The molecule has 31 heavy (non-hydrogen) atoms. The van der Waals surface area contributed by atoms with Crippen molar-refractivity contribution in [3.8, 4) is 22.5 Å². The van der Waals surface area contributed by atoms with E-state index in [4.69, 9.17) is 4.52 Å². The molecule has 154 valence electrons. The summed E-state index contributed by atoms with van der Waals surface area (Å²) in [5, 5.41) is 16.2. The van der Waals surface area contributed by atoms with E-state index in [0.29, 0.717) is 28.2 Å². The second kappa shape index (κ2) is 7.21. The highest BCUT2D eigenvalue weighted by molar-refractivity contribution is 6.15. The monoisotopic (exact) mass is 413 g/mol. The van der Waals surface area contributed by atoms with Crippen molar-refractivity contribution in [3.05, 3.63) is 66.1 Å². The van der Waals surface area contributed by atoms with Crippen LogP contribution in [0.5, 0.6) is 0 Å². The lowest BCUT2D eigenvalue weighted by Gasteiger charge is -2.09. The molecule has 1 N–H and O–H groups in total. The third kappa shape index (κ3) is 3.25. The highest BCUT2D eigenvalue weighted by Gasteiger charge is 2.23. The van der Waals surface area contributed by atoms with Crippen molar-refractivity contribution in [2.24, 2.45) is 14.1 Å². The van der Waals surface area contributed by atoms with Gasteiger partial charge in [-0.1, -0.05) is 35.5 Å². The molecule has 9 nitrogen and oxygen atoms in total. The molecular formula is C22H19N7O2. The number of aromatic nitrogens is 6. The van der Waals surface area contributed by atoms with E-state index in [9.17, 15) is 4.79 Å². The van der Waals surface area contributed by atoms with Gasteiger partial charge >= 0.3 is 0 Å². The third-order valence-corrected chi connectivity index (χ3v) is 5.09. The second-order valence-corrected chi connectivity index (χ2v) is 7.23. The van der Waals surface area contributed by atoms with E-state index >= 15 is 0 Å². The first-order chi connectivity index (χ1) is 15.0. The summed E-state index contributed by atoms with van der Waals surface area (Å²) in [5.74, 6) is 0.269. The molecule has 0 radical (unpaired) electrons. The third-order valence-electron chi connectivity index (χ3n) is 5.09. The number of carbonyl (C=O) groups is 1. The van der Waals surface area contributed by atoms with Gasteiger partial charge in [-0.25, -0.2) is 4.98 Å². The van der Waals surface area contributed by atoms with E-state index < -0.39 is 0 Å². The summed E-state index contributed by atoms with van der Waals surface area (Å²) in [4.78, 5) is 18.0. The maximum atomic E-state index is 13.4. The maximum absolute atomic E-state index is 13.4. The minimum absolute atomic E-state index is 0.287. The zero-order valence-electron chi connectivity index (χ0n) is 17.2. The Bertz CT molecular complexity index is 1410. The van der Waals surface area contributed by atoms with Crippen molar-refractivity contribution in [2.75, 3.05) is 5.32 Å². The van der Waals surface area contributed by atoms with Crippen LogP contribution in [0.3, 0.4) is 0 Å². The van der Waals surface area contributed by atoms with Crippen LogP contribution in [0.15, 0.2) is 59.4 Å². The van der Waals surface area contributed by atoms with Gasteiger partial charge in [0.05, 0.1) is 28.5 Å². The van der Waals surface area contributed by atoms with E-state index in [1.165, 1.54) is 0 Å². The summed E-state index contributed by atoms with van der Waals surface area (Å²) in [6.45, 7) is 1.90. The molecule has 9 heteroatoms. The van der Waals surface area contributed by atoms with Crippen LogP contribution >= 0.6 is 0 Å². The average Bonchev–Trinajstić information content (AvgIpc) is 3.46. The Balaban J connectivity index is 1.72. The van der Waals surface area contributed by atoms with Crippen LogP contribution in [0, 0.1) is 6.92 Å². The van der Waals surface area contributed by atoms with Crippen LogP contribution in [0.2, 0.25) is 0 Å². The predicted molar refractivity (Wildman–Crippen MR) is 115 cm³/mol. The van der Waals surface area contributed by atoms with Gasteiger partial charge in [0.1, 0.15) is 11.5 Å². The lowest BCUT2D eigenvalue weighted by molar-refractivity contribution is 0.102. The largest absolute Gasteiger partial charge is 0.335 e. The summed E-state index contributed by atoms with van der Waals surface area (Å²) in [7, 11) is 3.60. The van der Waals surface area contributed by atoms with Gasteiger partial charge in [0.2, 0.25) is 0 Å². The molecule has 0 aliphatic heterocycles. The molecule has 0 fully saturated rings. The Morgan fingerprint density at radius 2 is 1.94 bits per heavy atom. The Hall–Kier alpha value is -4.27. The van der Waals surface area contributed by atoms with Gasteiger partial charge in [0.15, 0.2) is 0 Å². The smallest absolute Gasteiger partial charge is 0.259 e. The number of aryl methyl sites for hydroxylation is 3. The Labute approximate surface area is 177 Å². The zero-order valence-corrected chi connectivity index (χ0v) is 17.2. The van der Waals surface area contributed by atoms with Crippen molar-refractivity contribution in [1.82, 2.24) is 29.7 Å². The predicted octanol–water partition coefficient (Wildman–Crippen LogP) is 3.58. The molecule has 0 atom stereocenters. The van der Waals surface area contributed by atoms with Crippen LogP contribution < -0.4 is 5.32 Å². The summed E-state index contributed by atoms with van der Waals surface area (Å²) >= 11 is 0. The van der Waals surface area contributed by atoms with Gasteiger partial charge in [0, 0.05) is 37.5 Å². The first-order valence-electron chi connectivity index (χ1n) is 9.67. The van der Waals surface area contributed by atoms with Gasteiger partial charge in [-0.3, -0.25) is 14.2 Å². The van der Waals surface area contributed by atoms with Crippen LogP contribution in [0.1, 0.15) is 16.1 Å². The minimum atomic E-state index is -0.306. The number of nitrogens with zero attached hydrogens (tertiary/aromatic N) is 6. The summed E-state index contributed by atoms with van der Waals surface area (Å²) < 4.78 is 8.88. The minimum Gasteiger partial charge on any atom is -0.335 e. The number of nitrogens with one attached hydrogen (secondary N) is 1. The topological polar surface area (TPSA) is 104 Å². The molecule has 0 unspecified atom stereocenters. The number of anilines is 1. The van der Waals surface area contributed by atoms with E-state index in [1.54, 1.807) is 34.7 Å². The molecule has 5 rings (SSSR count). The number of pyridine rings is 1. The molecule has 0 bridgehead atoms. The van der Waals surface area contributed by atoms with Crippen molar-refractivity contribution >= 4 is 22.8 Å². The normalized spacial score (nSPS) is 11.2. The van der Waals surface area contributed by atoms with Crippen molar-refractivity contribution in [3.63, 3.8) is 0 Å². The molecule has 0 spiro atoms. The first-order valence-corrected chi connectivity index (χ1v) is 9.67. The highest BCUT2D eigenvalue weighted by atomic mass is 16.5. The molecule has 4 aromatic heterocycles. The van der Waals surface area contributed by atoms with Gasteiger partial charge < -0.3 is 9.84 Å². The fraction of sp³-hybridized carbons (Fsp3) is 0.136. The summed E-state index contributed by atoms with van der Waals surface area (Å²) in [5.41, 5.74) is 4.30. The summed E-state index contributed by atoms with van der Waals surface area (Å²) in [6.07, 6.45) is 3.48. The quantitative estimate of drug-likeness (QED) is 0.483. The van der Waals surface area contributed by atoms with Crippen molar-refractivity contribution < 1.29 is 9.32 Å². The SMILES string of the molecule is Cc1nn(C)cc1-c1cc(C(=O)Nc2ccnn2C)c2c(-c3ccccc3)noc2n1. The van der Waals surface area contributed by atoms with Gasteiger partial charge in [-0.15, -0.1) is 0 Å². The Morgan fingerprint density at radius 1 is 1.13 bits per heavy atom. The van der Waals surface area contributed by atoms with Gasteiger partial charge in [0.25, 0.3) is 11.6 Å². The number of carbonyl (C=O) groups excluding carboxylic acids is 1. The van der Waals surface area contributed by atoms with Crippen LogP contribution in [0.25, 0.3) is 33.6 Å². The van der Waals surface area contributed by atoms with Gasteiger partial charge in [-0.05, 0) is 13.0 Å². The number of fused-ring (bicyclic) bond motifs is 1. The highest BCUT2D eigenvalue weighted by Crippen LogP contribution is 2.33. The van der Waals surface area contributed by atoms with E-state index in [0.717, 1.165) is 16.8 Å². The molecule has 0 aliphatic carbocycles. The zero-order chi connectivity index (χ0) is 21.5. The molecule has 0 saturated carbocycles. The summed E-state index contributed by atoms with van der Waals surface area (Å²) in [6, 6.07) is 13.1.